The molecule has 4 bridgehead atoms. The van der Waals surface area contributed by atoms with Crippen LogP contribution in [0.3, 0.4) is 0 Å². The molecule has 1 aliphatic rings. The van der Waals surface area contributed by atoms with Crippen molar-refractivity contribution in [1.29, 1.82) is 0 Å². The summed E-state index contributed by atoms with van der Waals surface area (Å²) in [5, 5.41) is 10.9. The molecule has 2 aromatic rings. The van der Waals surface area contributed by atoms with Gasteiger partial charge < -0.3 is 21.3 Å². The molecule has 0 aromatic heterocycles. The molecular weight excluding hydrogens is 646 g/mol. The Kier molecular flexibility index (Phi) is 12.0. The number of halogens is 4. The number of amides is 4. The van der Waals surface area contributed by atoms with E-state index < -0.39 is 47.8 Å². The molecule has 0 saturated carbocycles. The minimum Gasteiger partial charge on any atom is -0.340 e. The molecule has 4 amide bonds. The van der Waals surface area contributed by atoms with Gasteiger partial charge >= 0.3 is 23.6 Å². The molecule has 2 aromatic carbocycles. The molecule has 4 atom stereocenters. The molecule has 12 heteroatoms. The Morgan fingerprint density at radius 3 is 0.818 bits per heavy atom. The van der Waals surface area contributed by atoms with Crippen LogP contribution in [0.15, 0.2) is 36.4 Å². The van der Waals surface area contributed by atoms with Gasteiger partial charge in [-0.25, -0.2) is 0 Å². The molecule has 4 N–H and O–H groups in total. The molecule has 3 rings (SSSR count). The van der Waals surface area contributed by atoms with Crippen molar-refractivity contribution in [2.75, 3.05) is 23.5 Å². The van der Waals surface area contributed by atoms with Gasteiger partial charge in [0.05, 0.1) is 24.2 Å². The summed E-state index contributed by atoms with van der Waals surface area (Å²) in [7, 11) is 0. The summed E-state index contributed by atoms with van der Waals surface area (Å²) in [4.78, 5) is 52.8. The van der Waals surface area contributed by atoms with Gasteiger partial charge in [-0.2, -0.15) is 0 Å². The van der Waals surface area contributed by atoms with Crippen molar-refractivity contribution < 1.29 is 19.2 Å². The van der Waals surface area contributed by atoms with Crippen LogP contribution in [0.25, 0.3) is 0 Å². The first-order chi connectivity index (χ1) is 20.5. The Hall–Kier alpha value is -2.52. The van der Waals surface area contributed by atoms with Crippen LogP contribution in [0.4, 0.5) is 0 Å². The average Bonchev–Trinajstić information content (AvgIpc) is 2.97. The van der Waals surface area contributed by atoms with Crippen molar-refractivity contribution in [3.05, 3.63) is 69.8 Å². The Balaban J connectivity index is 2.20. The van der Waals surface area contributed by atoms with Crippen molar-refractivity contribution >= 4 is 70.0 Å². The second kappa shape index (κ2) is 14.7. The third kappa shape index (κ3) is 8.81. The van der Waals surface area contributed by atoms with E-state index in [1.54, 1.807) is 12.1 Å². The van der Waals surface area contributed by atoms with Crippen LogP contribution < -0.4 is 21.3 Å². The van der Waals surface area contributed by atoms with Gasteiger partial charge in [0.15, 0.2) is 0 Å². The molecule has 44 heavy (non-hydrogen) atoms. The van der Waals surface area contributed by atoms with E-state index in [9.17, 15) is 19.2 Å². The molecule has 1 heterocycles. The number of benzene rings is 2. The first-order valence-electron chi connectivity index (χ1n) is 14.3. The largest absolute Gasteiger partial charge is 0.340 e. The Bertz CT molecular complexity index is 1210. The van der Waals surface area contributed by atoms with Crippen LogP contribution in [0.5, 0.6) is 0 Å². The Morgan fingerprint density at radius 1 is 0.455 bits per heavy atom. The molecule has 0 radical (unpaired) electrons. The van der Waals surface area contributed by atoms with E-state index in [1.807, 2.05) is 65.8 Å². The van der Waals surface area contributed by atoms with E-state index in [1.165, 1.54) is 0 Å². The van der Waals surface area contributed by atoms with E-state index >= 15 is 0 Å². The molecule has 1 aliphatic heterocycles. The van der Waals surface area contributed by atoms with Gasteiger partial charge in [0.2, 0.25) is 0 Å². The summed E-state index contributed by atoms with van der Waals surface area (Å²) in [6, 6.07) is 8.04. The van der Waals surface area contributed by atoms with Crippen LogP contribution in [0.2, 0.25) is 0 Å². The summed E-state index contributed by atoms with van der Waals surface area (Å²) in [5.41, 5.74) is 3.51. The predicted octanol–water partition coefficient (Wildman–Crippen LogP) is 5.58. The van der Waals surface area contributed by atoms with Crippen LogP contribution in [0, 0.1) is 0 Å². The van der Waals surface area contributed by atoms with Gasteiger partial charge in [-0.15, -0.1) is 46.4 Å². The SMILES string of the molecule is CC(C)(C)c1cc2cc(c1)C(CCl)NC(=O)C(=O)NC(CCl)c1cc(cc(C(C)(C)C)c1)C(CCl)NC(=O)C(=O)NC2CCl. The highest BCUT2D eigenvalue weighted by Crippen LogP contribution is 2.32. The second-order valence-corrected chi connectivity index (χ2v) is 14.2. The van der Waals surface area contributed by atoms with E-state index in [0.717, 1.165) is 11.1 Å². The number of rotatable bonds is 4. The first kappa shape index (κ1) is 36.0. The lowest BCUT2D eigenvalue weighted by atomic mass is 9.83. The molecule has 4 unspecified atom stereocenters. The van der Waals surface area contributed by atoms with Crippen molar-refractivity contribution in [3.63, 3.8) is 0 Å². The van der Waals surface area contributed by atoms with E-state index in [0.29, 0.717) is 22.3 Å². The third-order valence-corrected chi connectivity index (χ3v) is 8.78. The van der Waals surface area contributed by atoms with Gasteiger partial charge in [0.25, 0.3) is 0 Å². The minimum absolute atomic E-state index is 0.0396. The van der Waals surface area contributed by atoms with E-state index in [2.05, 4.69) is 21.3 Å². The summed E-state index contributed by atoms with van der Waals surface area (Å²) in [6.07, 6.45) is 0. The normalized spacial score (nSPS) is 22.2. The summed E-state index contributed by atoms with van der Waals surface area (Å²) in [5.74, 6) is -3.68. The number of carbonyl (C=O) groups is 4. The monoisotopic (exact) mass is 684 g/mol. The number of nitrogens with one attached hydrogen (secondary N) is 4. The van der Waals surface area contributed by atoms with Gasteiger partial charge in [-0.3, -0.25) is 19.2 Å². The van der Waals surface area contributed by atoms with Crippen LogP contribution in [0.1, 0.15) is 99.1 Å². The number of alkyl halides is 4. The van der Waals surface area contributed by atoms with Gasteiger partial charge in [0.1, 0.15) is 0 Å². The molecule has 0 saturated heterocycles. The number of hydrogen-bond donors (Lipinski definition) is 4. The summed E-state index contributed by atoms with van der Waals surface area (Å²) < 4.78 is 0. The average molecular weight is 687 g/mol. The molecule has 0 spiro atoms. The molecular formula is C32H40Cl4N4O4. The van der Waals surface area contributed by atoms with E-state index in [4.69, 9.17) is 46.4 Å². The van der Waals surface area contributed by atoms with Crippen LogP contribution in [-0.4, -0.2) is 47.1 Å². The highest BCUT2D eigenvalue weighted by atomic mass is 35.5. The van der Waals surface area contributed by atoms with Crippen molar-refractivity contribution in [1.82, 2.24) is 21.3 Å². The molecule has 8 nitrogen and oxygen atoms in total. The number of fused-ring (bicyclic) bond motifs is 4. The van der Waals surface area contributed by atoms with Crippen molar-refractivity contribution in [2.45, 2.75) is 76.5 Å². The topological polar surface area (TPSA) is 116 Å². The maximum absolute atomic E-state index is 13.2. The summed E-state index contributed by atoms with van der Waals surface area (Å²) in [6.45, 7) is 12.1. The predicted molar refractivity (Wildman–Crippen MR) is 177 cm³/mol. The zero-order valence-corrected chi connectivity index (χ0v) is 28.8. The Morgan fingerprint density at radius 2 is 0.659 bits per heavy atom. The Labute approximate surface area is 279 Å². The lowest BCUT2D eigenvalue weighted by Crippen LogP contribution is -2.45. The fraction of sp³-hybridized carbons (Fsp3) is 0.500. The highest BCUT2D eigenvalue weighted by Gasteiger charge is 2.29. The fourth-order valence-corrected chi connectivity index (χ4v) is 5.78. The quantitative estimate of drug-likeness (QED) is 0.248. The summed E-state index contributed by atoms with van der Waals surface area (Å²) >= 11 is 25.3. The van der Waals surface area contributed by atoms with Gasteiger partial charge in [0, 0.05) is 23.5 Å². The zero-order chi connectivity index (χ0) is 33.0. The minimum atomic E-state index is -0.880. The van der Waals surface area contributed by atoms with Crippen LogP contribution >= 0.6 is 46.4 Å². The maximum Gasteiger partial charge on any atom is 0.309 e. The first-order valence-corrected chi connectivity index (χ1v) is 16.4. The smallest absolute Gasteiger partial charge is 0.309 e. The standard InChI is InChI=1S/C32H40Cl4N4O4/c1-31(2,3)21-9-17-7-18(10-21)24(14-34)38-28(42)30(44)40-26(16-36)20-8-19(11-22(12-20)32(4,5)6)25(15-35)39-29(43)27(41)37-23(17)13-33/h7-12,23-26H,13-16H2,1-6H3,(H,37,41)(H,38,42)(H,39,43)(H,40,44). The molecule has 240 valence electrons. The van der Waals surface area contributed by atoms with Crippen LogP contribution in [-0.2, 0) is 30.0 Å². The lowest BCUT2D eigenvalue weighted by molar-refractivity contribution is -0.140. The van der Waals surface area contributed by atoms with Crippen molar-refractivity contribution in [2.24, 2.45) is 0 Å². The van der Waals surface area contributed by atoms with Gasteiger partial charge in [-0.1, -0.05) is 77.9 Å². The lowest BCUT2D eigenvalue weighted by Gasteiger charge is -2.28. The van der Waals surface area contributed by atoms with Gasteiger partial charge in [-0.05, 0) is 44.2 Å². The highest BCUT2D eigenvalue weighted by molar-refractivity contribution is 6.36. The maximum atomic E-state index is 13.2. The molecule has 0 aliphatic carbocycles. The zero-order valence-electron chi connectivity index (χ0n) is 25.7. The fourth-order valence-electron chi connectivity index (χ4n) is 4.76. The van der Waals surface area contributed by atoms with E-state index in [-0.39, 0.29) is 34.3 Å². The second-order valence-electron chi connectivity index (χ2n) is 13.0. The number of carbonyl (C=O) groups excluding carboxylic acids is 4. The van der Waals surface area contributed by atoms with Crippen molar-refractivity contribution in [3.8, 4) is 0 Å². The number of hydrogen-bond acceptors (Lipinski definition) is 4. The molecule has 0 fully saturated rings. The third-order valence-electron chi connectivity index (χ3n) is 7.55.